The molecule has 12 heavy (non-hydrogen) atoms. The molecule has 0 fully saturated rings. The van der Waals surface area contributed by atoms with Crippen LogP contribution in [0.4, 0.5) is 4.39 Å². The van der Waals surface area contributed by atoms with Gasteiger partial charge >= 0.3 is 10.1 Å². The Morgan fingerprint density at radius 2 is 2.17 bits per heavy atom. The first-order valence-corrected chi connectivity index (χ1v) is 4.53. The van der Waals surface area contributed by atoms with Crippen LogP contribution in [0.1, 0.15) is 11.2 Å². The molecule has 1 aromatic heterocycles. The van der Waals surface area contributed by atoms with Gasteiger partial charge in [-0.05, 0) is 12.1 Å². The van der Waals surface area contributed by atoms with Crippen molar-refractivity contribution in [3.63, 3.8) is 0 Å². The largest absolute Gasteiger partial charge is 0.303 e. The van der Waals surface area contributed by atoms with Crippen LogP contribution in [0.2, 0.25) is 0 Å². The summed E-state index contributed by atoms with van der Waals surface area (Å²) < 4.78 is 41.6. The first-order chi connectivity index (χ1) is 5.52. The molecule has 0 saturated heterocycles. The number of alkyl halides is 1. The molecule has 0 amide bonds. The lowest BCUT2D eigenvalue weighted by atomic mass is 10.4. The quantitative estimate of drug-likeness (QED) is 0.706. The predicted molar refractivity (Wildman–Crippen MR) is 39.6 cm³/mol. The van der Waals surface area contributed by atoms with Crippen molar-refractivity contribution in [1.82, 2.24) is 4.98 Å². The lowest BCUT2D eigenvalue weighted by Crippen LogP contribution is -2.08. The normalized spacial score (nSPS) is 14.2. The van der Waals surface area contributed by atoms with E-state index in [0.717, 1.165) is 0 Å². The van der Waals surface area contributed by atoms with Crippen molar-refractivity contribution in [2.24, 2.45) is 0 Å². The van der Waals surface area contributed by atoms with Crippen molar-refractivity contribution in [3.05, 3.63) is 30.1 Å². The summed E-state index contributed by atoms with van der Waals surface area (Å²) in [5, 5.41) is 0. The Balaban J connectivity index is 3.02. The zero-order valence-corrected chi connectivity index (χ0v) is 6.70. The lowest BCUT2D eigenvalue weighted by Gasteiger charge is -2.01. The molecule has 0 spiro atoms. The molecule has 0 aliphatic heterocycles. The van der Waals surface area contributed by atoms with Gasteiger partial charge in [-0.25, -0.2) is 4.39 Å². The third kappa shape index (κ3) is 1.99. The molecule has 1 aromatic rings. The summed E-state index contributed by atoms with van der Waals surface area (Å²) in [4.78, 5) is 3.43. The zero-order chi connectivity index (χ0) is 9.19. The minimum absolute atomic E-state index is 0.319. The van der Waals surface area contributed by atoms with Crippen LogP contribution in [0.5, 0.6) is 0 Å². The molecule has 4 nitrogen and oxygen atoms in total. The number of rotatable bonds is 2. The summed E-state index contributed by atoms with van der Waals surface area (Å²) in [6.45, 7) is 0. The smallest absolute Gasteiger partial charge is 0.283 e. The number of halogens is 1. The summed E-state index contributed by atoms with van der Waals surface area (Å²) in [5.41, 5.74) is -2.78. The number of hydrogen-bond acceptors (Lipinski definition) is 3. The summed E-state index contributed by atoms with van der Waals surface area (Å²) in [5.74, 6) is 0. The van der Waals surface area contributed by atoms with Gasteiger partial charge in [-0.2, -0.15) is 8.42 Å². The van der Waals surface area contributed by atoms with Crippen LogP contribution in [0.25, 0.3) is 0 Å². The molecule has 0 bridgehead atoms. The molecule has 1 N–H and O–H groups in total. The van der Waals surface area contributed by atoms with E-state index in [9.17, 15) is 12.8 Å². The van der Waals surface area contributed by atoms with Gasteiger partial charge in [0.2, 0.25) is 0 Å². The van der Waals surface area contributed by atoms with Gasteiger partial charge in [0.25, 0.3) is 5.50 Å². The van der Waals surface area contributed by atoms with Crippen molar-refractivity contribution < 1.29 is 17.4 Å². The highest BCUT2D eigenvalue weighted by atomic mass is 32.2. The minimum Gasteiger partial charge on any atom is -0.283 e. The van der Waals surface area contributed by atoms with Crippen LogP contribution in [0.3, 0.4) is 0 Å². The van der Waals surface area contributed by atoms with Gasteiger partial charge in [-0.1, -0.05) is 6.07 Å². The Bertz CT molecular complexity index is 350. The second-order valence-electron chi connectivity index (χ2n) is 2.09. The van der Waals surface area contributed by atoms with E-state index < -0.39 is 15.6 Å². The fraction of sp³-hybridized carbons (Fsp3) is 0.167. The standard InChI is InChI=1S/C6H6FNO3S/c7-6(12(9,10)11)5-3-1-2-4-8-5/h1-4,6H,(H,9,10,11). The zero-order valence-electron chi connectivity index (χ0n) is 5.88. The molecular formula is C6H6FNO3S. The van der Waals surface area contributed by atoms with Crippen molar-refractivity contribution in [2.75, 3.05) is 0 Å². The predicted octanol–water partition coefficient (Wildman–Crippen LogP) is 0.938. The van der Waals surface area contributed by atoms with E-state index in [1.54, 1.807) is 0 Å². The highest BCUT2D eigenvalue weighted by Gasteiger charge is 2.24. The van der Waals surface area contributed by atoms with Gasteiger partial charge in [0.05, 0.1) is 5.69 Å². The highest BCUT2D eigenvalue weighted by molar-refractivity contribution is 7.85. The molecule has 66 valence electrons. The van der Waals surface area contributed by atoms with Crippen LogP contribution in [-0.4, -0.2) is 18.0 Å². The Hall–Kier alpha value is -1.01. The monoisotopic (exact) mass is 191 g/mol. The number of pyridine rings is 1. The van der Waals surface area contributed by atoms with E-state index in [4.69, 9.17) is 4.55 Å². The number of hydrogen-bond donors (Lipinski definition) is 1. The maximum absolute atomic E-state index is 12.7. The van der Waals surface area contributed by atoms with Crippen molar-refractivity contribution in [1.29, 1.82) is 0 Å². The molecule has 1 rings (SSSR count). The molecule has 6 heteroatoms. The molecule has 0 aliphatic carbocycles. The van der Waals surface area contributed by atoms with Crippen LogP contribution < -0.4 is 0 Å². The van der Waals surface area contributed by atoms with Crippen LogP contribution in [-0.2, 0) is 10.1 Å². The Kier molecular flexibility index (Phi) is 2.39. The summed E-state index contributed by atoms with van der Waals surface area (Å²) in [6, 6.07) is 4.12. The van der Waals surface area contributed by atoms with E-state index in [0.29, 0.717) is 0 Å². The molecular weight excluding hydrogens is 185 g/mol. The van der Waals surface area contributed by atoms with Crippen molar-refractivity contribution in [2.45, 2.75) is 5.50 Å². The average molecular weight is 191 g/mol. The summed E-state index contributed by atoms with van der Waals surface area (Å²) in [6.07, 6.45) is 1.24. The molecule has 1 atom stereocenters. The molecule has 0 saturated carbocycles. The Labute approximate surface area is 68.8 Å². The first kappa shape index (κ1) is 9.08. The second-order valence-corrected chi connectivity index (χ2v) is 3.53. The topological polar surface area (TPSA) is 67.3 Å². The number of aromatic nitrogens is 1. The minimum atomic E-state index is -4.69. The summed E-state index contributed by atoms with van der Waals surface area (Å²) in [7, 11) is -4.69. The van der Waals surface area contributed by atoms with Crippen LogP contribution >= 0.6 is 0 Å². The van der Waals surface area contributed by atoms with Gasteiger partial charge in [0.15, 0.2) is 0 Å². The number of nitrogens with zero attached hydrogens (tertiary/aromatic N) is 1. The fourth-order valence-corrected chi connectivity index (χ4v) is 1.11. The molecule has 1 unspecified atom stereocenters. The van der Waals surface area contributed by atoms with Gasteiger partial charge in [0.1, 0.15) is 0 Å². The first-order valence-electron chi connectivity index (χ1n) is 3.03. The van der Waals surface area contributed by atoms with E-state index in [1.807, 2.05) is 0 Å². The average Bonchev–Trinajstić information content (AvgIpc) is 2.03. The van der Waals surface area contributed by atoms with E-state index in [1.165, 1.54) is 24.4 Å². The SMILES string of the molecule is O=S(=O)(O)C(F)c1ccccn1. The van der Waals surface area contributed by atoms with Gasteiger partial charge in [-0.15, -0.1) is 0 Å². The molecule has 0 radical (unpaired) electrons. The van der Waals surface area contributed by atoms with E-state index in [2.05, 4.69) is 4.98 Å². The van der Waals surface area contributed by atoms with Crippen molar-refractivity contribution >= 4 is 10.1 Å². The fourth-order valence-electron chi connectivity index (χ4n) is 0.663. The van der Waals surface area contributed by atoms with Gasteiger partial charge in [-0.3, -0.25) is 9.54 Å². The highest BCUT2D eigenvalue weighted by Crippen LogP contribution is 2.19. The molecule has 0 aliphatic rings. The summed E-state index contributed by atoms with van der Waals surface area (Å²) >= 11 is 0. The maximum Gasteiger partial charge on any atom is 0.303 e. The van der Waals surface area contributed by atoms with Gasteiger partial charge < -0.3 is 0 Å². The van der Waals surface area contributed by atoms with E-state index in [-0.39, 0.29) is 5.69 Å². The third-order valence-corrected chi connectivity index (χ3v) is 1.95. The van der Waals surface area contributed by atoms with Gasteiger partial charge in [0, 0.05) is 6.20 Å². The second kappa shape index (κ2) is 3.16. The Morgan fingerprint density at radius 3 is 2.58 bits per heavy atom. The third-order valence-electron chi connectivity index (χ3n) is 1.18. The lowest BCUT2D eigenvalue weighted by molar-refractivity contribution is 0.375. The van der Waals surface area contributed by atoms with Crippen molar-refractivity contribution in [3.8, 4) is 0 Å². The molecule has 1 heterocycles. The molecule has 0 aromatic carbocycles. The van der Waals surface area contributed by atoms with E-state index >= 15 is 0 Å². The van der Waals surface area contributed by atoms with Crippen LogP contribution in [0, 0.1) is 0 Å². The maximum atomic E-state index is 12.7. The Morgan fingerprint density at radius 1 is 1.50 bits per heavy atom. The van der Waals surface area contributed by atoms with Crippen LogP contribution in [0.15, 0.2) is 24.4 Å².